The Kier molecular flexibility index (Phi) is 4.69. The van der Waals surface area contributed by atoms with Gasteiger partial charge in [0.25, 0.3) is 0 Å². The van der Waals surface area contributed by atoms with Gasteiger partial charge >= 0.3 is 17.9 Å². The van der Waals surface area contributed by atoms with Crippen molar-refractivity contribution in [3.63, 3.8) is 0 Å². The average Bonchev–Trinajstić information content (AvgIpc) is 2.16. The molecular formula is C9H12O6. The van der Waals surface area contributed by atoms with E-state index in [1.165, 1.54) is 0 Å². The van der Waals surface area contributed by atoms with Gasteiger partial charge in [0.1, 0.15) is 0 Å². The van der Waals surface area contributed by atoms with Crippen molar-refractivity contribution in [1.82, 2.24) is 0 Å². The van der Waals surface area contributed by atoms with E-state index in [0.717, 1.165) is 19.1 Å². The minimum atomic E-state index is -2.90. The van der Waals surface area contributed by atoms with Gasteiger partial charge in [-0.05, 0) is 6.92 Å². The fourth-order valence-electron chi connectivity index (χ4n) is 0.572. The van der Waals surface area contributed by atoms with Gasteiger partial charge in [-0.15, -0.1) is 0 Å². The monoisotopic (exact) mass is 216 g/mol. The second kappa shape index (κ2) is 5.28. The maximum atomic E-state index is 10.7. The van der Waals surface area contributed by atoms with Crippen molar-refractivity contribution in [3.8, 4) is 0 Å². The molecule has 0 aromatic rings. The SMILES string of the molecule is C=CC(=O)OC(C)C(O)(O)OC(=O)C=C. The molecule has 84 valence electrons. The minimum Gasteiger partial charge on any atom is -0.449 e. The number of hydrogen-bond acceptors (Lipinski definition) is 6. The largest absolute Gasteiger partial charge is 0.449 e. The highest BCUT2D eigenvalue weighted by Crippen LogP contribution is 2.13. The van der Waals surface area contributed by atoms with Crippen molar-refractivity contribution in [2.45, 2.75) is 19.0 Å². The van der Waals surface area contributed by atoms with Crippen molar-refractivity contribution in [1.29, 1.82) is 0 Å². The van der Waals surface area contributed by atoms with Crippen LogP contribution in [0.15, 0.2) is 25.3 Å². The minimum absolute atomic E-state index is 0.739. The highest BCUT2D eigenvalue weighted by atomic mass is 16.8. The van der Waals surface area contributed by atoms with Crippen LogP contribution in [0.4, 0.5) is 0 Å². The third-order valence-corrected chi connectivity index (χ3v) is 1.41. The number of ether oxygens (including phenoxy) is 2. The van der Waals surface area contributed by atoms with E-state index in [9.17, 15) is 19.8 Å². The van der Waals surface area contributed by atoms with Crippen LogP contribution >= 0.6 is 0 Å². The summed E-state index contributed by atoms with van der Waals surface area (Å²) in [4.78, 5) is 21.4. The molecule has 2 N–H and O–H groups in total. The fraction of sp³-hybridized carbons (Fsp3) is 0.333. The Morgan fingerprint density at radius 3 is 2.13 bits per heavy atom. The number of aliphatic hydroxyl groups is 2. The molecule has 0 fully saturated rings. The lowest BCUT2D eigenvalue weighted by Crippen LogP contribution is -2.46. The normalized spacial score (nSPS) is 12.5. The third kappa shape index (κ3) is 4.39. The lowest BCUT2D eigenvalue weighted by atomic mass is 10.3. The molecule has 0 rings (SSSR count). The Hall–Kier alpha value is -1.66. The second-order valence-corrected chi connectivity index (χ2v) is 2.57. The van der Waals surface area contributed by atoms with Crippen LogP contribution in [0.25, 0.3) is 0 Å². The number of hydrogen-bond donors (Lipinski definition) is 2. The third-order valence-electron chi connectivity index (χ3n) is 1.41. The topological polar surface area (TPSA) is 93.1 Å². The molecule has 1 unspecified atom stereocenters. The van der Waals surface area contributed by atoms with Crippen molar-refractivity contribution in [2.75, 3.05) is 0 Å². The van der Waals surface area contributed by atoms with Crippen LogP contribution in [-0.4, -0.2) is 34.2 Å². The summed E-state index contributed by atoms with van der Waals surface area (Å²) in [6.45, 7) is 7.31. The van der Waals surface area contributed by atoms with Crippen molar-refractivity contribution < 1.29 is 29.3 Å². The summed E-state index contributed by atoms with van der Waals surface area (Å²) in [6.07, 6.45) is 0.123. The van der Waals surface area contributed by atoms with Crippen molar-refractivity contribution in [3.05, 3.63) is 25.3 Å². The summed E-state index contributed by atoms with van der Waals surface area (Å²) in [5.41, 5.74) is 0. The second-order valence-electron chi connectivity index (χ2n) is 2.57. The van der Waals surface area contributed by atoms with Crippen LogP contribution in [-0.2, 0) is 19.1 Å². The maximum absolute atomic E-state index is 10.7. The lowest BCUT2D eigenvalue weighted by Gasteiger charge is -2.26. The quantitative estimate of drug-likeness (QED) is 0.364. The fourth-order valence-corrected chi connectivity index (χ4v) is 0.572. The first-order chi connectivity index (χ1) is 6.83. The lowest BCUT2D eigenvalue weighted by molar-refractivity contribution is -0.353. The van der Waals surface area contributed by atoms with Crippen LogP contribution in [0.1, 0.15) is 6.92 Å². The Bertz CT molecular complexity index is 280. The number of esters is 2. The van der Waals surface area contributed by atoms with E-state index in [1.54, 1.807) is 0 Å². The van der Waals surface area contributed by atoms with Crippen LogP contribution < -0.4 is 0 Å². The molecule has 0 aromatic heterocycles. The van der Waals surface area contributed by atoms with Gasteiger partial charge in [-0.1, -0.05) is 13.2 Å². The Labute approximate surface area is 86.4 Å². The Balaban J connectivity index is 4.43. The highest BCUT2D eigenvalue weighted by molar-refractivity contribution is 5.82. The van der Waals surface area contributed by atoms with E-state index in [2.05, 4.69) is 22.6 Å². The maximum Gasteiger partial charge on any atom is 0.363 e. The summed E-state index contributed by atoms with van der Waals surface area (Å²) in [6, 6.07) is 0. The molecule has 0 radical (unpaired) electrons. The van der Waals surface area contributed by atoms with Gasteiger partial charge in [-0.25, -0.2) is 9.59 Å². The summed E-state index contributed by atoms with van der Waals surface area (Å²) in [5.74, 6) is -4.82. The molecule has 0 heterocycles. The molecule has 0 saturated carbocycles. The first kappa shape index (κ1) is 13.3. The molecule has 0 aromatic carbocycles. The van der Waals surface area contributed by atoms with E-state index in [0.29, 0.717) is 0 Å². The highest BCUT2D eigenvalue weighted by Gasteiger charge is 2.38. The van der Waals surface area contributed by atoms with Gasteiger partial charge in [0, 0.05) is 12.2 Å². The first-order valence-electron chi connectivity index (χ1n) is 3.96. The van der Waals surface area contributed by atoms with E-state index < -0.39 is 24.0 Å². The van der Waals surface area contributed by atoms with Crippen molar-refractivity contribution >= 4 is 11.9 Å². The Morgan fingerprint density at radius 2 is 1.73 bits per heavy atom. The number of rotatable bonds is 5. The smallest absolute Gasteiger partial charge is 0.363 e. The molecule has 0 aliphatic heterocycles. The van der Waals surface area contributed by atoms with Gasteiger partial charge < -0.3 is 19.7 Å². The molecular weight excluding hydrogens is 204 g/mol. The molecule has 0 aliphatic rings. The van der Waals surface area contributed by atoms with E-state index in [1.807, 2.05) is 0 Å². The summed E-state index contributed by atoms with van der Waals surface area (Å²) < 4.78 is 8.58. The van der Waals surface area contributed by atoms with Gasteiger partial charge in [0.15, 0.2) is 6.10 Å². The van der Waals surface area contributed by atoms with E-state index in [-0.39, 0.29) is 0 Å². The standard InChI is InChI=1S/C9H12O6/c1-4-7(10)14-6(3)9(12,13)15-8(11)5-2/h4-6,12-13H,1-2H2,3H3. The molecule has 0 spiro atoms. The summed E-state index contributed by atoms with van der Waals surface area (Å²) in [5, 5.41) is 18.4. The molecule has 6 nitrogen and oxygen atoms in total. The van der Waals surface area contributed by atoms with Gasteiger partial charge in [-0.2, -0.15) is 0 Å². The van der Waals surface area contributed by atoms with Gasteiger partial charge in [-0.3, -0.25) is 0 Å². The van der Waals surface area contributed by atoms with Gasteiger partial charge in [0.05, 0.1) is 0 Å². The van der Waals surface area contributed by atoms with Gasteiger partial charge in [0.2, 0.25) is 0 Å². The summed E-state index contributed by atoms with van der Waals surface area (Å²) >= 11 is 0. The molecule has 0 aliphatic carbocycles. The van der Waals surface area contributed by atoms with Crippen LogP contribution in [0.3, 0.4) is 0 Å². The van der Waals surface area contributed by atoms with Crippen LogP contribution in [0.5, 0.6) is 0 Å². The molecule has 15 heavy (non-hydrogen) atoms. The molecule has 1 atom stereocenters. The predicted octanol–water partition coefficient (Wildman–Crippen LogP) is -0.528. The number of carbonyl (C=O) groups is 2. The van der Waals surface area contributed by atoms with E-state index >= 15 is 0 Å². The first-order valence-corrected chi connectivity index (χ1v) is 3.96. The zero-order valence-electron chi connectivity index (χ0n) is 8.17. The molecule has 6 heteroatoms. The Morgan fingerprint density at radius 1 is 1.27 bits per heavy atom. The number of carbonyl (C=O) groups excluding carboxylic acids is 2. The molecule has 0 saturated heterocycles. The molecule has 0 amide bonds. The van der Waals surface area contributed by atoms with E-state index in [4.69, 9.17) is 0 Å². The molecule has 0 bridgehead atoms. The zero-order chi connectivity index (χ0) is 12.1. The predicted molar refractivity (Wildman–Crippen MR) is 49.2 cm³/mol. The zero-order valence-corrected chi connectivity index (χ0v) is 8.17. The summed E-state index contributed by atoms with van der Waals surface area (Å²) in [7, 11) is 0. The van der Waals surface area contributed by atoms with Crippen LogP contribution in [0.2, 0.25) is 0 Å². The van der Waals surface area contributed by atoms with Crippen molar-refractivity contribution in [2.24, 2.45) is 0 Å². The average molecular weight is 216 g/mol. The van der Waals surface area contributed by atoms with Crippen LogP contribution in [0, 0.1) is 0 Å².